The van der Waals surface area contributed by atoms with Gasteiger partial charge in [0.1, 0.15) is 0 Å². The van der Waals surface area contributed by atoms with Crippen LogP contribution in [-0.4, -0.2) is 30.6 Å². The first kappa shape index (κ1) is 17.3. The summed E-state index contributed by atoms with van der Waals surface area (Å²) in [6, 6.07) is 6.23. The summed E-state index contributed by atoms with van der Waals surface area (Å²) in [6.07, 6.45) is -3.30. The van der Waals surface area contributed by atoms with Gasteiger partial charge in [0.05, 0.1) is 5.56 Å². The van der Waals surface area contributed by atoms with Gasteiger partial charge in [0.2, 0.25) is 0 Å². The first-order chi connectivity index (χ1) is 10.2. The number of rotatable bonds is 4. The maximum Gasteiger partial charge on any atom is 0.416 e. The van der Waals surface area contributed by atoms with Crippen molar-refractivity contribution in [3.63, 3.8) is 0 Å². The maximum absolute atomic E-state index is 13.2. The molecule has 1 aliphatic heterocycles. The van der Waals surface area contributed by atoms with Crippen LogP contribution in [0.1, 0.15) is 38.3 Å². The molecular formula is C17H25F3N2. The van der Waals surface area contributed by atoms with Crippen LogP contribution in [0, 0.1) is 5.41 Å². The molecule has 2 rings (SSSR count). The van der Waals surface area contributed by atoms with E-state index in [1.807, 2.05) is 0 Å². The molecule has 0 saturated carbocycles. The molecule has 1 aromatic carbocycles. The van der Waals surface area contributed by atoms with Crippen molar-refractivity contribution in [3.8, 4) is 0 Å². The minimum Gasteiger partial charge on any atom is -0.315 e. The van der Waals surface area contributed by atoms with Gasteiger partial charge in [0, 0.05) is 25.7 Å². The molecule has 5 heteroatoms. The molecule has 0 aromatic heterocycles. The smallest absolute Gasteiger partial charge is 0.315 e. The Morgan fingerprint density at radius 2 is 1.86 bits per heavy atom. The maximum atomic E-state index is 13.2. The standard InChI is InChI=1S/C17H25F3N2/c1-16(2,3)12-22(14-8-9-21-10-14)11-13-6-4-5-7-15(13)17(18,19)20/h4-7,14,21H,8-12H2,1-3H3. The van der Waals surface area contributed by atoms with E-state index in [1.54, 1.807) is 12.1 Å². The Hall–Kier alpha value is -1.07. The number of alkyl halides is 3. The predicted octanol–water partition coefficient (Wildman–Crippen LogP) is 3.92. The number of nitrogens with zero attached hydrogens (tertiary/aromatic N) is 1. The van der Waals surface area contributed by atoms with Gasteiger partial charge >= 0.3 is 6.18 Å². The highest BCUT2D eigenvalue weighted by atomic mass is 19.4. The van der Waals surface area contributed by atoms with E-state index < -0.39 is 11.7 Å². The summed E-state index contributed by atoms with van der Waals surface area (Å²) in [5, 5.41) is 3.31. The fourth-order valence-electron chi connectivity index (χ4n) is 3.03. The zero-order chi connectivity index (χ0) is 16.4. The Morgan fingerprint density at radius 3 is 2.41 bits per heavy atom. The van der Waals surface area contributed by atoms with Crippen LogP contribution in [0.15, 0.2) is 24.3 Å². The number of benzene rings is 1. The highest BCUT2D eigenvalue weighted by Gasteiger charge is 2.34. The summed E-state index contributed by atoms with van der Waals surface area (Å²) in [4.78, 5) is 2.20. The molecular weight excluding hydrogens is 289 g/mol. The topological polar surface area (TPSA) is 15.3 Å². The van der Waals surface area contributed by atoms with E-state index >= 15 is 0 Å². The first-order valence-corrected chi connectivity index (χ1v) is 7.77. The van der Waals surface area contributed by atoms with E-state index in [1.165, 1.54) is 12.1 Å². The number of nitrogens with one attached hydrogen (secondary N) is 1. The van der Waals surface area contributed by atoms with Crippen LogP contribution < -0.4 is 5.32 Å². The quantitative estimate of drug-likeness (QED) is 0.906. The summed E-state index contributed by atoms with van der Waals surface area (Å²) in [7, 11) is 0. The van der Waals surface area contributed by atoms with Gasteiger partial charge < -0.3 is 5.32 Å². The van der Waals surface area contributed by atoms with Gasteiger partial charge in [0.25, 0.3) is 0 Å². The summed E-state index contributed by atoms with van der Waals surface area (Å²) in [6.45, 7) is 9.29. The molecule has 0 radical (unpaired) electrons. The second-order valence-electron chi connectivity index (χ2n) is 7.27. The highest BCUT2D eigenvalue weighted by molar-refractivity contribution is 5.29. The molecule has 22 heavy (non-hydrogen) atoms. The van der Waals surface area contributed by atoms with Crippen LogP contribution >= 0.6 is 0 Å². The van der Waals surface area contributed by atoms with Crippen LogP contribution in [0.25, 0.3) is 0 Å². The zero-order valence-corrected chi connectivity index (χ0v) is 13.5. The van der Waals surface area contributed by atoms with Crippen LogP contribution in [0.4, 0.5) is 13.2 Å². The fraction of sp³-hybridized carbons (Fsp3) is 0.647. The van der Waals surface area contributed by atoms with Crippen molar-refractivity contribution in [2.75, 3.05) is 19.6 Å². The van der Waals surface area contributed by atoms with Gasteiger partial charge in [-0.25, -0.2) is 0 Å². The first-order valence-electron chi connectivity index (χ1n) is 7.77. The number of hydrogen-bond donors (Lipinski definition) is 1. The Balaban J connectivity index is 2.23. The Bertz CT molecular complexity index is 485. The van der Waals surface area contributed by atoms with E-state index in [9.17, 15) is 13.2 Å². The molecule has 2 nitrogen and oxygen atoms in total. The molecule has 1 atom stereocenters. The lowest BCUT2D eigenvalue weighted by Gasteiger charge is -2.35. The Labute approximate surface area is 130 Å². The Kier molecular flexibility index (Phi) is 5.17. The SMILES string of the molecule is CC(C)(C)CN(Cc1ccccc1C(F)(F)F)C1CCNC1. The lowest BCUT2D eigenvalue weighted by molar-refractivity contribution is -0.138. The molecule has 1 heterocycles. The third-order valence-electron chi connectivity index (χ3n) is 3.92. The van der Waals surface area contributed by atoms with E-state index in [2.05, 4.69) is 31.0 Å². The summed E-state index contributed by atoms with van der Waals surface area (Å²) < 4.78 is 39.5. The molecule has 1 aliphatic rings. The molecule has 1 aromatic rings. The van der Waals surface area contributed by atoms with Crippen LogP contribution in [-0.2, 0) is 12.7 Å². The van der Waals surface area contributed by atoms with Gasteiger partial charge in [0.15, 0.2) is 0 Å². The van der Waals surface area contributed by atoms with Crippen molar-refractivity contribution in [3.05, 3.63) is 35.4 Å². The molecule has 0 spiro atoms. The van der Waals surface area contributed by atoms with Crippen molar-refractivity contribution in [1.29, 1.82) is 0 Å². The monoisotopic (exact) mass is 314 g/mol. The summed E-state index contributed by atoms with van der Waals surface area (Å²) in [5.41, 5.74) is -0.0959. The van der Waals surface area contributed by atoms with E-state index in [4.69, 9.17) is 0 Å². The van der Waals surface area contributed by atoms with Crippen LogP contribution in [0.3, 0.4) is 0 Å². The average molecular weight is 314 g/mol. The van der Waals surface area contributed by atoms with Crippen molar-refractivity contribution >= 4 is 0 Å². The van der Waals surface area contributed by atoms with E-state index in [-0.39, 0.29) is 5.41 Å². The van der Waals surface area contributed by atoms with Crippen molar-refractivity contribution in [2.45, 2.75) is 46.0 Å². The minimum absolute atomic E-state index is 0.0514. The van der Waals surface area contributed by atoms with E-state index in [0.717, 1.165) is 26.1 Å². The average Bonchev–Trinajstić information content (AvgIpc) is 2.89. The predicted molar refractivity (Wildman–Crippen MR) is 82.6 cm³/mol. The number of hydrogen-bond acceptors (Lipinski definition) is 2. The highest BCUT2D eigenvalue weighted by Crippen LogP contribution is 2.33. The summed E-state index contributed by atoms with van der Waals surface area (Å²) in [5.74, 6) is 0. The van der Waals surface area contributed by atoms with Gasteiger partial charge in [-0.1, -0.05) is 39.0 Å². The third-order valence-corrected chi connectivity index (χ3v) is 3.92. The minimum atomic E-state index is -4.29. The third kappa shape index (κ3) is 4.71. The molecule has 1 unspecified atom stereocenters. The molecule has 1 saturated heterocycles. The number of halogens is 3. The van der Waals surface area contributed by atoms with Crippen molar-refractivity contribution < 1.29 is 13.2 Å². The molecule has 1 fully saturated rings. The lowest BCUT2D eigenvalue weighted by Crippen LogP contribution is -2.41. The second kappa shape index (κ2) is 6.59. The van der Waals surface area contributed by atoms with Crippen LogP contribution in [0.5, 0.6) is 0 Å². The Morgan fingerprint density at radius 1 is 1.18 bits per heavy atom. The second-order valence-corrected chi connectivity index (χ2v) is 7.27. The van der Waals surface area contributed by atoms with Crippen LogP contribution in [0.2, 0.25) is 0 Å². The van der Waals surface area contributed by atoms with Crippen molar-refractivity contribution in [1.82, 2.24) is 10.2 Å². The molecule has 1 N–H and O–H groups in total. The molecule has 0 aliphatic carbocycles. The fourth-order valence-corrected chi connectivity index (χ4v) is 3.03. The zero-order valence-electron chi connectivity index (χ0n) is 13.5. The van der Waals surface area contributed by atoms with E-state index in [0.29, 0.717) is 18.2 Å². The molecule has 0 bridgehead atoms. The normalized spacial score (nSPS) is 19.9. The van der Waals surface area contributed by atoms with Crippen molar-refractivity contribution in [2.24, 2.45) is 5.41 Å². The molecule has 124 valence electrons. The van der Waals surface area contributed by atoms with Gasteiger partial charge in [-0.3, -0.25) is 4.90 Å². The van der Waals surface area contributed by atoms with Gasteiger partial charge in [-0.15, -0.1) is 0 Å². The van der Waals surface area contributed by atoms with Gasteiger partial charge in [-0.2, -0.15) is 13.2 Å². The largest absolute Gasteiger partial charge is 0.416 e. The molecule has 0 amide bonds. The van der Waals surface area contributed by atoms with Gasteiger partial charge in [-0.05, 0) is 30.0 Å². The lowest BCUT2D eigenvalue weighted by atomic mass is 9.94. The summed E-state index contributed by atoms with van der Waals surface area (Å²) >= 11 is 0.